The van der Waals surface area contributed by atoms with Gasteiger partial charge in [0.1, 0.15) is 5.75 Å². The van der Waals surface area contributed by atoms with E-state index >= 15 is 0 Å². The second-order valence-corrected chi connectivity index (χ2v) is 5.21. The molecule has 138 valence electrons. The third-order valence-corrected chi connectivity index (χ3v) is 3.13. The van der Waals surface area contributed by atoms with Gasteiger partial charge < -0.3 is 10.1 Å². The van der Waals surface area contributed by atoms with Crippen molar-refractivity contribution < 1.29 is 9.53 Å². The number of nitrogens with one attached hydrogen (secondary N) is 4. The quantitative estimate of drug-likeness (QED) is 0.372. The molecule has 4 N–H and O–H groups in total. The Kier molecular flexibility index (Phi) is 7.10. The first kappa shape index (κ1) is 18.9. The number of hydrogen-bond acceptors (Lipinski definition) is 7. The summed E-state index contributed by atoms with van der Waals surface area (Å²) in [6, 6.07) is 7.37. The van der Waals surface area contributed by atoms with E-state index in [9.17, 15) is 14.4 Å². The number of amides is 1. The molecule has 10 heteroatoms. The SMILES string of the molecule is CCCOc1ccccc1/C=N/NC(=O)CCNc1n[nH]c(=O)[nH]c1=O. The highest BCUT2D eigenvalue weighted by atomic mass is 16.5. The fourth-order valence-corrected chi connectivity index (χ4v) is 1.92. The number of ether oxygens (including phenoxy) is 1. The van der Waals surface area contributed by atoms with E-state index in [0.717, 1.165) is 12.0 Å². The van der Waals surface area contributed by atoms with Gasteiger partial charge in [-0.2, -0.15) is 5.10 Å². The number of hydrogen-bond donors (Lipinski definition) is 4. The third kappa shape index (κ3) is 5.89. The second-order valence-electron chi connectivity index (χ2n) is 5.21. The number of nitrogens with zero attached hydrogens (tertiary/aromatic N) is 2. The predicted molar refractivity (Wildman–Crippen MR) is 96.5 cm³/mol. The lowest BCUT2D eigenvalue weighted by molar-refractivity contribution is -0.120. The molecule has 0 fully saturated rings. The first-order valence-corrected chi connectivity index (χ1v) is 8.06. The number of H-pyrrole nitrogens is 2. The molecule has 1 aromatic carbocycles. The first-order chi connectivity index (χ1) is 12.6. The maximum Gasteiger partial charge on any atom is 0.342 e. The molecule has 0 aliphatic rings. The average molecular weight is 360 g/mol. The van der Waals surface area contributed by atoms with Crippen LogP contribution in [0.4, 0.5) is 5.82 Å². The number of carbonyl (C=O) groups excluding carboxylic acids is 1. The summed E-state index contributed by atoms with van der Waals surface area (Å²) in [4.78, 5) is 36.0. The predicted octanol–water partition coefficient (Wildman–Crippen LogP) is 0.199. The molecule has 0 aliphatic carbocycles. The zero-order valence-electron chi connectivity index (χ0n) is 14.2. The van der Waals surface area contributed by atoms with Gasteiger partial charge in [0.05, 0.1) is 12.8 Å². The van der Waals surface area contributed by atoms with Crippen molar-refractivity contribution in [2.45, 2.75) is 19.8 Å². The summed E-state index contributed by atoms with van der Waals surface area (Å²) in [7, 11) is 0. The molecule has 0 saturated heterocycles. The Hall–Kier alpha value is -3.43. The van der Waals surface area contributed by atoms with Crippen LogP contribution in [0.15, 0.2) is 39.0 Å². The topological polar surface area (TPSA) is 141 Å². The van der Waals surface area contributed by atoms with E-state index in [2.05, 4.69) is 26.0 Å². The van der Waals surface area contributed by atoms with Gasteiger partial charge >= 0.3 is 5.69 Å². The average Bonchev–Trinajstić information content (AvgIpc) is 2.63. The zero-order valence-corrected chi connectivity index (χ0v) is 14.2. The van der Waals surface area contributed by atoms with Crippen LogP contribution in [0.25, 0.3) is 0 Å². The Morgan fingerprint density at radius 3 is 2.92 bits per heavy atom. The fourth-order valence-electron chi connectivity index (χ4n) is 1.92. The Labute approximate surface area is 148 Å². The van der Waals surface area contributed by atoms with Gasteiger partial charge in [-0.1, -0.05) is 19.1 Å². The van der Waals surface area contributed by atoms with Gasteiger partial charge in [-0.3, -0.25) is 14.6 Å². The molecule has 2 aromatic rings. The van der Waals surface area contributed by atoms with Crippen LogP contribution < -0.4 is 26.7 Å². The molecule has 2 rings (SSSR count). The van der Waals surface area contributed by atoms with Crippen LogP contribution in [0, 0.1) is 0 Å². The van der Waals surface area contributed by atoms with Crippen LogP contribution in [-0.4, -0.2) is 40.5 Å². The molecule has 0 bridgehead atoms. The number of aromatic nitrogens is 3. The summed E-state index contributed by atoms with van der Waals surface area (Å²) >= 11 is 0. The van der Waals surface area contributed by atoms with E-state index in [1.807, 2.05) is 36.2 Å². The number of benzene rings is 1. The minimum absolute atomic E-state index is 0.0611. The minimum Gasteiger partial charge on any atom is -0.493 e. The maximum absolute atomic E-state index is 11.8. The van der Waals surface area contributed by atoms with Crippen molar-refractivity contribution in [3.63, 3.8) is 0 Å². The second kappa shape index (κ2) is 9.77. The van der Waals surface area contributed by atoms with E-state index in [1.54, 1.807) is 0 Å². The van der Waals surface area contributed by atoms with E-state index in [1.165, 1.54) is 6.21 Å². The fraction of sp³-hybridized carbons (Fsp3) is 0.312. The minimum atomic E-state index is -0.698. The molecule has 1 heterocycles. The molecule has 0 aliphatic heterocycles. The molecular formula is C16H20N6O4. The number of anilines is 1. The molecule has 0 unspecified atom stereocenters. The summed E-state index contributed by atoms with van der Waals surface area (Å²) in [6.45, 7) is 2.77. The molecule has 0 atom stereocenters. The van der Waals surface area contributed by atoms with Crippen LogP contribution in [0.2, 0.25) is 0 Å². The lowest BCUT2D eigenvalue weighted by Gasteiger charge is -2.07. The third-order valence-electron chi connectivity index (χ3n) is 3.13. The van der Waals surface area contributed by atoms with Gasteiger partial charge in [0, 0.05) is 18.5 Å². The summed E-state index contributed by atoms with van der Waals surface area (Å²) in [5.74, 6) is 0.279. The van der Waals surface area contributed by atoms with Crippen molar-refractivity contribution in [2.24, 2.45) is 5.10 Å². The number of para-hydroxylation sites is 1. The largest absolute Gasteiger partial charge is 0.493 e. The van der Waals surface area contributed by atoms with E-state index in [-0.39, 0.29) is 24.7 Å². The van der Waals surface area contributed by atoms with Gasteiger partial charge in [-0.15, -0.1) is 5.10 Å². The molecule has 0 radical (unpaired) electrons. The van der Waals surface area contributed by atoms with Crippen molar-refractivity contribution in [3.8, 4) is 5.75 Å². The van der Waals surface area contributed by atoms with Crippen molar-refractivity contribution in [3.05, 3.63) is 50.7 Å². The van der Waals surface area contributed by atoms with Gasteiger partial charge in [-0.05, 0) is 18.6 Å². The molecule has 1 amide bonds. The van der Waals surface area contributed by atoms with Gasteiger partial charge in [0.25, 0.3) is 5.56 Å². The summed E-state index contributed by atoms with van der Waals surface area (Å²) in [5, 5.41) is 12.2. The van der Waals surface area contributed by atoms with Gasteiger partial charge in [0.15, 0.2) is 0 Å². The van der Waals surface area contributed by atoms with Crippen molar-refractivity contribution in [1.29, 1.82) is 0 Å². The smallest absolute Gasteiger partial charge is 0.342 e. The number of rotatable bonds is 9. The normalized spacial score (nSPS) is 10.7. The van der Waals surface area contributed by atoms with Crippen molar-refractivity contribution in [1.82, 2.24) is 20.6 Å². The summed E-state index contributed by atoms with van der Waals surface area (Å²) < 4.78 is 5.60. The van der Waals surface area contributed by atoms with Gasteiger partial charge in [0.2, 0.25) is 11.7 Å². The number of hydrazone groups is 1. The molecule has 0 spiro atoms. The lowest BCUT2D eigenvalue weighted by Crippen LogP contribution is -2.28. The van der Waals surface area contributed by atoms with Crippen LogP contribution in [0.3, 0.4) is 0 Å². The Bertz CT molecular complexity index is 873. The molecule has 10 nitrogen and oxygen atoms in total. The lowest BCUT2D eigenvalue weighted by atomic mass is 10.2. The van der Waals surface area contributed by atoms with E-state index < -0.39 is 11.2 Å². The highest BCUT2D eigenvalue weighted by molar-refractivity contribution is 5.85. The summed E-state index contributed by atoms with van der Waals surface area (Å²) in [6.07, 6.45) is 2.46. The Morgan fingerprint density at radius 1 is 1.35 bits per heavy atom. The molecule has 1 aromatic heterocycles. The van der Waals surface area contributed by atoms with Gasteiger partial charge in [-0.25, -0.2) is 15.3 Å². The van der Waals surface area contributed by atoms with E-state index in [0.29, 0.717) is 12.4 Å². The highest BCUT2D eigenvalue weighted by Gasteiger charge is 2.04. The number of aromatic amines is 2. The summed E-state index contributed by atoms with van der Waals surface area (Å²) in [5.41, 5.74) is 1.79. The molecular weight excluding hydrogens is 340 g/mol. The van der Waals surface area contributed by atoms with Crippen LogP contribution in [-0.2, 0) is 4.79 Å². The van der Waals surface area contributed by atoms with Crippen molar-refractivity contribution >= 4 is 17.9 Å². The monoisotopic (exact) mass is 360 g/mol. The van der Waals surface area contributed by atoms with Crippen LogP contribution >= 0.6 is 0 Å². The Morgan fingerprint density at radius 2 is 2.15 bits per heavy atom. The molecule has 0 saturated carbocycles. The van der Waals surface area contributed by atoms with Crippen LogP contribution in [0.5, 0.6) is 5.75 Å². The number of carbonyl (C=O) groups is 1. The van der Waals surface area contributed by atoms with Crippen molar-refractivity contribution in [2.75, 3.05) is 18.5 Å². The molecule has 26 heavy (non-hydrogen) atoms. The Balaban J connectivity index is 1.80. The van der Waals surface area contributed by atoms with Crippen LogP contribution in [0.1, 0.15) is 25.3 Å². The maximum atomic E-state index is 11.8. The highest BCUT2D eigenvalue weighted by Crippen LogP contribution is 2.15. The standard InChI is InChI=1S/C16H20N6O4/c1-2-9-26-12-6-4-3-5-11(12)10-18-20-13(23)7-8-17-14-15(24)19-16(25)22-21-14/h3-6,10H,2,7-9H2,1H3,(H,17,21)(H,20,23)(H2,19,22,24,25)/b18-10+. The van der Waals surface area contributed by atoms with E-state index in [4.69, 9.17) is 4.74 Å². The zero-order chi connectivity index (χ0) is 18.8. The first-order valence-electron chi connectivity index (χ1n) is 8.06.